The van der Waals surface area contributed by atoms with Crippen molar-refractivity contribution in [2.24, 2.45) is 0 Å². The maximum Gasteiger partial charge on any atom is 0.254 e. The fourth-order valence-corrected chi connectivity index (χ4v) is 4.18. The Morgan fingerprint density at radius 1 is 1.07 bits per heavy atom. The molecule has 1 heterocycles. The van der Waals surface area contributed by atoms with Gasteiger partial charge in [-0.3, -0.25) is 9.59 Å². The number of carbonyl (C=O) groups excluding carboxylic acids is 2. The van der Waals surface area contributed by atoms with Crippen molar-refractivity contribution in [2.75, 3.05) is 5.32 Å². The van der Waals surface area contributed by atoms with E-state index in [4.69, 9.17) is 0 Å². The highest BCUT2D eigenvalue weighted by molar-refractivity contribution is 6.10. The zero-order valence-electron chi connectivity index (χ0n) is 16.5. The molecule has 1 atom stereocenters. The van der Waals surface area contributed by atoms with Crippen LogP contribution in [-0.4, -0.2) is 11.7 Å². The first kappa shape index (κ1) is 19.1. The van der Waals surface area contributed by atoms with Crippen molar-refractivity contribution in [3.63, 3.8) is 0 Å². The third kappa shape index (κ3) is 3.60. The lowest BCUT2D eigenvalue weighted by atomic mass is 9.75. The van der Waals surface area contributed by atoms with Gasteiger partial charge in [0.2, 0.25) is 0 Å². The zero-order valence-corrected chi connectivity index (χ0v) is 16.5. The van der Waals surface area contributed by atoms with E-state index in [0.29, 0.717) is 17.6 Å². The number of allylic oxidation sites excluding steroid dienone is 3. The molecule has 148 valence electrons. The molecule has 0 saturated heterocycles. The van der Waals surface area contributed by atoms with Crippen LogP contribution in [0.15, 0.2) is 71.1 Å². The van der Waals surface area contributed by atoms with Crippen LogP contribution in [0.5, 0.6) is 0 Å². The smallest absolute Gasteiger partial charge is 0.254 e. The van der Waals surface area contributed by atoms with Crippen LogP contribution >= 0.6 is 0 Å². The van der Waals surface area contributed by atoms with Crippen LogP contribution in [0.2, 0.25) is 0 Å². The van der Waals surface area contributed by atoms with Crippen LogP contribution in [0.1, 0.15) is 43.2 Å². The quantitative estimate of drug-likeness (QED) is 0.796. The van der Waals surface area contributed by atoms with E-state index in [2.05, 4.69) is 10.6 Å². The summed E-state index contributed by atoms with van der Waals surface area (Å²) in [6.07, 6.45) is 2.02. The van der Waals surface area contributed by atoms with Gasteiger partial charge in [-0.15, -0.1) is 0 Å². The Morgan fingerprint density at radius 3 is 2.52 bits per heavy atom. The van der Waals surface area contributed by atoms with Gasteiger partial charge < -0.3 is 10.6 Å². The number of rotatable bonds is 3. The first-order valence-corrected chi connectivity index (χ1v) is 9.82. The lowest BCUT2D eigenvalue weighted by molar-refractivity contribution is -0.116. The highest BCUT2D eigenvalue weighted by Gasteiger charge is 2.38. The molecule has 2 aromatic carbocycles. The van der Waals surface area contributed by atoms with Crippen LogP contribution in [-0.2, 0) is 9.59 Å². The summed E-state index contributed by atoms with van der Waals surface area (Å²) in [5, 5.41) is 6.28. The lowest BCUT2D eigenvalue weighted by Crippen LogP contribution is -2.35. The molecule has 2 aliphatic rings. The Bertz CT molecular complexity index is 1050. The van der Waals surface area contributed by atoms with Crippen molar-refractivity contribution >= 4 is 17.4 Å². The van der Waals surface area contributed by atoms with E-state index in [1.54, 1.807) is 12.1 Å². The van der Waals surface area contributed by atoms with Crippen molar-refractivity contribution in [3.8, 4) is 0 Å². The number of dihydropyridines is 1. The number of nitrogens with one attached hydrogen (secondary N) is 2. The summed E-state index contributed by atoms with van der Waals surface area (Å²) in [5.74, 6) is -1.08. The monoisotopic (exact) mass is 390 g/mol. The normalized spacial score (nSPS) is 19.0. The first-order chi connectivity index (χ1) is 14.0. The molecular weight excluding hydrogens is 367 g/mol. The maximum atomic E-state index is 13.5. The summed E-state index contributed by atoms with van der Waals surface area (Å²) >= 11 is 0. The van der Waals surface area contributed by atoms with E-state index in [-0.39, 0.29) is 17.5 Å². The Hall–Kier alpha value is -3.21. The van der Waals surface area contributed by atoms with Crippen molar-refractivity contribution in [1.82, 2.24) is 5.32 Å². The van der Waals surface area contributed by atoms with Crippen LogP contribution in [0.25, 0.3) is 0 Å². The molecule has 0 saturated carbocycles. The summed E-state index contributed by atoms with van der Waals surface area (Å²) in [6.45, 7) is 3.78. The van der Waals surface area contributed by atoms with E-state index in [1.165, 1.54) is 12.1 Å². The van der Waals surface area contributed by atoms with Gasteiger partial charge in [-0.25, -0.2) is 4.39 Å². The minimum atomic E-state index is -0.510. The lowest BCUT2D eigenvalue weighted by Gasteiger charge is -2.34. The molecule has 0 radical (unpaired) electrons. The highest BCUT2D eigenvalue weighted by Crippen LogP contribution is 2.42. The maximum absolute atomic E-state index is 13.5. The van der Waals surface area contributed by atoms with Gasteiger partial charge in [-0.05, 0) is 56.0 Å². The van der Waals surface area contributed by atoms with Gasteiger partial charge >= 0.3 is 0 Å². The van der Waals surface area contributed by atoms with Gasteiger partial charge in [0.15, 0.2) is 5.78 Å². The van der Waals surface area contributed by atoms with Crippen LogP contribution in [0.3, 0.4) is 0 Å². The second kappa shape index (κ2) is 7.66. The molecule has 1 aliphatic carbocycles. The molecule has 0 aromatic heterocycles. The van der Waals surface area contributed by atoms with Gasteiger partial charge in [0.25, 0.3) is 5.91 Å². The Balaban J connectivity index is 1.79. The topological polar surface area (TPSA) is 58.2 Å². The van der Waals surface area contributed by atoms with Crippen LogP contribution in [0, 0.1) is 12.7 Å². The molecule has 1 aliphatic heterocycles. The number of para-hydroxylation sites is 1. The fourth-order valence-electron chi connectivity index (χ4n) is 4.18. The number of halogens is 1. The molecular formula is C24H23FN2O2. The summed E-state index contributed by atoms with van der Waals surface area (Å²) in [4.78, 5) is 26.2. The average Bonchev–Trinajstić information content (AvgIpc) is 2.69. The van der Waals surface area contributed by atoms with Gasteiger partial charge in [0.1, 0.15) is 5.82 Å². The fraction of sp³-hybridized carbons (Fsp3) is 0.250. The van der Waals surface area contributed by atoms with Crippen molar-refractivity contribution in [1.29, 1.82) is 0 Å². The summed E-state index contributed by atoms with van der Waals surface area (Å²) in [7, 11) is 0. The predicted octanol–water partition coefficient (Wildman–Crippen LogP) is 4.74. The largest absolute Gasteiger partial charge is 0.362 e. The number of amides is 1. The standard InChI is InChI=1S/C24H23FN2O2/c1-14-6-3-4-7-18(14)27-24(29)21-15(2)26-19-8-5-9-20(28)23(19)22(21)16-10-12-17(25)13-11-16/h3-4,6-7,10-13,22,26H,5,8-9H2,1-2H3,(H,27,29)/t22-/m1/s1. The Kier molecular flexibility index (Phi) is 5.05. The second-order valence-electron chi connectivity index (χ2n) is 7.59. The van der Waals surface area contributed by atoms with Gasteiger partial charge in [-0.2, -0.15) is 0 Å². The van der Waals surface area contributed by atoms with Crippen molar-refractivity contribution < 1.29 is 14.0 Å². The molecule has 5 heteroatoms. The van der Waals surface area contributed by atoms with Crippen molar-refractivity contribution in [2.45, 2.75) is 39.0 Å². The molecule has 0 bridgehead atoms. The average molecular weight is 390 g/mol. The third-order valence-corrected chi connectivity index (χ3v) is 5.62. The third-order valence-electron chi connectivity index (χ3n) is 5.62. The molecule has 0 fully saturated rings. The molecule has 29 heavy (non-hydrogen) atoms. The molecule has 1 amide bonds. The molecule has 4 nitrogen and oxygen atoms in total. The minimum Gasteiger partial charge on any atom is -0.362 e. The molecule has 0 spiro atoms. The molecule has 2 aromatic rings. The molecule has 4 rings (SSSR count). The number of hydrogen-bond acceptors (Lipinski definition) is 3. The summed E-state index contributed by atoms with van der Waals surface area (Å²) in [6, 6.07) is 13.6. The number of aryl methyl sites for hydroxylation is 1. The second-order valence-corrected chi connectivity index (χ2v) is 7.59. The summed E-state index contributed by atoms with van der Waals surface area (Å²) < 4.78 is 13.5. The number of carbonyl (C=O) groups is 2. The number of ketones is 1. The van der Waals surface area contributed by atoms with E-state index in [0.717, 1.165) is 41.1 Å². The van der Waals surface area contributed by atoms with E-state index in [1.807, 2.05) is 38.1 Å². The number of Topliss-reactive ketones (excluding diaryl/α,β-unsaturated/α-hetero) is 1. The van der Waals surface area contributed by atoms with E-state index < -0.39 is 5.92 Å². The number of hydrogen-bond donors (Lipinski definition) is 2. The van der Waals surface area contributed by atoms with Gasteiger partial charge in [0.05, 0.1) is 0 Å². The number of benzene rings is 2. The minimum absolute atomic E-state index is 0.0433. The van der Waals surface area contributed by atoms with Gasteiger partial charge in [-0.1, -0.05) is 30.3 Å². The van der Waals surface area contributed by atoms with E-state index in [9.17, 15) is 14.0 Å². The predicted molar refractivity (Wildman–Crippen MR) is 111 cm³/mol. The highest BCUT2D eigenvalue weighted by atomic mass is 19.1. The van der Waals surface area contributed by atoms with Crippen LogP contribution < -0.4 is 10.6 Å². The summed E-state index contributed by atoms with van der Waals surface area (Å²) in [5.41, 5.74) is 5.14. The van der Waals surface area contributed by atoms with Crippen molar-refractivity contribution in [3.05, 3.63) is 88.0 Å². The molecule has 0 unspecified atom stereocenters. The van der Waals surface area contributed by atoms with Gasteiger partial charge in [0, 0.05) is 40.6 Å². The number of anilines is 1. The SMILES string of the molecule is CC1=C(C(=O)Nc2ccccc2C)[C@@H](c2ccc(F)cc2)C2=C(CCCC2=O)N1. The molecule has 2 N–H and O–H groups in total. The van der Waals surface area contributed by atoms with E-state index >= 15 is 0 Å². The first-order valence-electron chi connectivity index (χ1n) is 9.82. The zero-order chi connectivity index (χ0) is 20.5. The van der Waals surface area contributed by atoms with Crippen LogP contribution in [0.4, 0.5) is 10.1 Å². The Labute approximate surface area is 169 Å². The Morgan fingerprint density at radius 2 is 1.79 bits per heavy atom.